The lowest BCUT2D eigenvalue weighted by molar-refractivity contribution is -0.145. The van der Waals surface area contributed by atoms with Crippen LogP contribution in [0, 0.1) is 5.82 Å². The largest absolute Gasteiger partial charge is 0.481 e. The zero-order valence-electron chi connectivity index (χ0n) is 17.3. The van der Waals surface area contributed by atoms with Crippen molar-refractivity contribution >= 4 is 62.5 Å². The first kappa shape index (κ1) is 24.5. The SMILES string of the molecule is CCOC(=O)COc1ccc(Br)cc1/C=C1/SC(=O)N(CC(=O)Nc2ccc(F)cc2)C1=O. The fourth-order valence-electron chi connectivity index (χ4n) is 2.76. The number of halogens is 2. The standard InChI is InChI=1S/C22H18BrFN2O6S/c1-2-31-20(28)12-32-17-8-3-14(23)9-13(17)10-18-21(29)26(22(30)33-18)11-19(27)25-16-6-4-15(24)5-7-16/h3-10H,2,11-12H2,1H3,(H,25,27)/b18-10+. The molecule has 1 aliphatic rings. The van der Waals surface area contributed by atoms with E-state index in [1.54, 1.807) is 25.1 Å². The molecule has 0 saturated carbocycles. The molecule has 3 amide bonds. The Kier molecular flexibility index (Phi) is 8.23. The summed E-state index contributed by atoms with van der Waals surface area (Å²) in [4.78, 5) is 49.9. The van der Waals surface area contributed by atoms with Crippen molar-refractivity contribution < 1.29 is 33.0 Å². The van der Waals surface area contributed by atoms with Crippen LogP contribution < -0.4 is 10.1 Å². The molecule has 0 aliphatic carbocycles. The van der Waals surface area contributed by atoms with Crippen LogP contribution in [0.2, 0.25) is 0 Å². The van der Waals surface area contributed by atoms with Crippen molar-refractivity contribution in [2.24, 2.45) is 0 Å². The summed E-state index contributed by atoms with van der Waals surface area (Å²) in [6.45, 7) is 1.09. The number of hydrogen-bond acceptors (Lipinski definition) is 7. The van der Waals surface area contributed by atoms with Gasteiger partial charge < -0.3 is 14.8 Å². The topological polar surface area (TPSA) is 102 Å². The summed E-state index contributed by atoms with van der Waals surface area (Å²) in [6.07, 6.45) is 1.45. The maximum atomic E-state index is 13.0. The van der Waals surface area contributed by atoms with E-state index < -0.39 is 35.4 Å². The third-order valence-electron chi connectivity index (χ3n) is 4.21. The van der Waals surface area contributed by atoms with E-state index in [2.05, 4.69) is 21.2 Å². The van der Waals surface area contributed by atoms with Crippen LogP contribution in [0.5, 0.6) is 5.75 Å². The Morgan fingerprint density at radius 2 is 1.91 bits per heavy atom. The van der Waals surface area contributed by atoms with Gasteiger partial charge in [0.25, 0.3) is 11.1 Å². The summed E-state index contributed by atoms with van der Waals surface area (Å²) >= 11 is 4.02. The number of carbonyl (C=O) groups is 4. The number of carbonyl (C=O) groups excluding carboxylic acids is 4. The first-order valence-electron chi connectivity index (χ1n) is 9.65. The number of hydrogen-bond donors (Lipinski definition) is 1. The highest BCUT2D eigenvalue weighted by atomic mass is 79.9. The second-order valence-electron chi connectivity index (χ2n) is 6.60. The molecule has 0 atom stereocenters. The molecule has 172 valence electrons. The molecule has 0 unspecified atom stereocenters. The number of ether oxygens (including phenoxy) is 2. The van der Waals surface area contributed by atoms with Crippen LogP contribution in [0.15, 0.2) is 51.8 Å². The van der Waals surface area contributed by atoms with E-state index in [4.69, 9.17) is 9.47 Å². The maximum Gasteiger partial charge on any atom is 0.344 e. The first-order valence-corrected chi connectivity index (χ1v) is 11.3. The van der Waals surface area contributed by atoms with E-state index in [1.807, 2.05) is 0 Å². The quantitative estimate of drug-likeness (QED) is 0.398. The fraction of sp³-hybridized carbons (Fsp3) is 0.182. The van der Waals surface area contributed by atoms with Crippen LogP contribution in [-0.4, -0.2) is 47.7 Å². The number of rotatable bonds is 8. The van der Waals surface area contributed by atoms with E-state index in [-0.39, 0.29) is 18.1 Å². The van der Waals surface area contributed by atoms with Gasteiger partial charge in [0.2, 0.25) is 5.91 Å². The number of imide groups is 1. The summed E-state index contributed by atoms with van der Waals surface area (Å²) in [5, 5.41) is 1.90. The Balaban J connectivity index is 1.72. The fourth-order valence-corrected chi connectivity index (χ4v) is 3.97. The molecule has 2 aromatic rings. The number of amides is 3. The minimum atomic E-state index is -0.643. The predicted octanol–water partition coefficient (Wildman–Crippen LogP) is 4.21. The zero-order chi connectivity index (χ0) is 24.0. The number of nitrogens with zero attached hydrogens (tertiary/aromatic N) is 1. The first-order chi connectivity index (χ1) is 15.8. The molecule has 8 nitrogen and oxygen atoms in total. The van der Waals surface area contributed by atoms with Gasteiger partial charge in [0.15, 0.2) is 6.61 Å². The molecule has 0 aromatic heterocycles. The van der Waals surface area contributed by atoms with Crippen LogP contribution in [-0.2, 0) is 19.1 Å². The van der Waals surface area contributed by atoms with Crippen molar-refractivity contribution in [1.82, 2.24) is 4.90 Å². The second kappa shape index (κ2) is 11.1. The zero-order valence-corrected chi connectivity index (χ0v) is 19.7. The van der Waals surface area contributed by atoms with Crippen LogP contribution in [0.1, 0.15) is 12.5 Å². The minimum absolute atomic E-state index is 0.0914. The van der Waals surface area contributed by atoms with Crippen molar-refractivity contribution in [1.29, 1.82) is 0 Å². The van der Waals surface area contributed by atoms with Gasteiger partial charge in [-0.3, -0.25) is 19.3 Å². The number of thioether (sulfide) groups is 1. The van der Waals surface area contributed by atoms with Crippen LogP contribution in [0.3, 0.4) is 0 Å². The summed E-state index contributed by atoms with van der Waals surface area (Å²) < 4.78 is 24.0. The van der Waals surface area contributed by atoms with E-state index in [0.29, 0.717) is 33.2 Å². The van der Waals surface area contributed by atoms with E-state index in [1.165, 1.54) is 30.3 Å². The van der Waals surface area contributed by atoms with Crippen LogP contribution >= 0.6 is 27.7 Å². The lowest BCUT2D eigenvalue weighted by Gasteiger charge is -2.12. The highest BCUT2D eigenvalue weighted by Crippen LogP contribution is 2.34. The highest BCUT2D eigenvalue weighted by Gasteiger charge is 2.36. The molecular weight excluding hydrogens is 519 g/mol. The number of nitrogens with one attached hydrogen (secondary N) is 1. The van der Waals surface area contributed by atoms with Gasteiger partial charge in [-0.1, -0.05) is 15.9 Å². The van der Waals surface area contributed by atoms with E-state index in [0.717, 1.165) is 4.90 Å². The molecule has 11 heteroatoms. The number of anilines is 1. The van der Waals surface area contributed by atoms with Crippen molar-refractivity contribution in [3.05, 3.63) is 63.2 Å². The molecule has 1 saturated heterocycles. The molecule has 0 spiro atoms. The maximum absolute atomic E-state index is 13.0. The molecule has 1 heterocycles. The van der Waals surface area contributed by atoms with Crippen molar-refractivity contribution in [2.45, 2.75) is 6.92 Å². The lowest BCUT2D eigenvalue weighted by atomic mass is 10.2. The summed E-state index contributed by atoms with van der Waals surface area (Å²) in [7, 11) is 0. The van der Waals surface area contributed by atoms with Gasteiger partial charge in [-0.15, -0.1) is 0 Å². The van der Waals surface area contributed by atoms with Crippen molar-refractivity contribution in [3.63, 3.8) is 0 Å². The van der Waals surface area contributed by atoms with Gasteiger partial charge in [0.1, 0.15) is 18.1 Å². The van der Waals surface area contributed by atoms with Gasteiger partial charge in [0.05, 0.1) is 11.5 Å². The molecule has 1 fully saturated rings. The normalized spacial score (nSPS) is 14.5. The third kappa shape index (κ3) is 6.65. The average Bonchev–Trinajstić information content (AvgIpc) is 3.02. The highest BCUT2D eigenvalue weighted by molar-refractivity contribution is 9.10. The molecule has 1 N–H and O–H groups in total. The summed E-state index contributed by atoms with van der Waals surface area (Å²) in [6, 6.07) is 10.1. The van der Waals surface area contributed by atoms with E-state index in [9.17, 15) is 23.6 Å². The number of benzene rings is 2. The minimum Gasteiger partial charge on any atom is -0.481 e. The van der Waals surface area contributed by atoms with E-state index >= 15 is 0 Å². The van der Waals surface area contributed by atoms with Crippen molar-refractivity contribution in [2.75, 3.05) is 25.1 Å². The van der Waals surface area contributed by atoms with Gasteiger partial charge in [-0.05, 0) is 67.2 Å². The monoisotopic (exact) mass is 536 g/mol. The number of esters is 1. The Morgan fingerprint density at radius 3 is 2.61 bits per heavy atom. The molecule has 1 aliphatic heterocycles. The Morgan fingerprint density at radius 1 is 1.18 bits per heavy atom. The molecule has 0 bridgehead atoms. The second-order valence-corrected chi connectivity index (χ2v) is 8.51. The molecule has 3 rings (SSSR count). The van der Waals surface area contributed by atoms with Gasteiger partial charge in [-0.2, -0.15) is 0 Å². The summed E-state index contributed by atoms with van der Waals surface area (Å²) in [5.74, 6) is -1.94. The lowest BCUT2D eigenvalue weighted by Crippen LogP contribution is -2.36. The van der Waals surface area contributed by atoms with Crippen molar-refractivity contribution in [3.8, 4) is 5.75 Å². The van der Waals surface area contributed by atoms with Crippen LogP contribution in [0.4, 0.5) is 14.9 Å². The Bertz CT molecular complexity index is 1120. The Hall–Kier alpha value is -3.18. The van der Waals surface area contributed by atoms with Crippen LogP contribution in [0.25, 0.3) is 6.08 Å². The molecule has 33 heavy (non-hydrogen) atoms. The third-order valence-corrected chi connectivity index (χ3v) is 5.61. The smallest absolute Gasteiger partial charge is 0.344 e. The molecule has 0 radical (unpaired) electrons. The van der Waals surface area contributed by atoms with Gasteiger partial charge in [-0.25, -0.2) is 9.18 Å². The summed E-state index contributed by atoms with van der Waals surface area (Å²) in [5.41, 5.74) is 0.788. The van der Waals surface area contributed by atoms with Gasteiger partial charge >= 0.3 is 5.97 Å². The Labute approximate surface area is 201 Å². The van der Waals surface area contributed by atoms with Gasteiger partial charge in [0, 0.05) is 15.7 Å². The predicted molar refractivity (Wildman–Crippen MR) is 124 cm³/mol. The molecule has 2 aromatic carbocycles. The molecular formula is C22H18BrFN2O6S. The average molecular weight is 537 g/mol.